The van der Waals surface area contributed by atoms with Crippen molar-refractivity contribution in [3.8, 4) is 11.5 Å². The molecular weight excluding hydrogens is 330 g/mol. The molecule has 1 spiro atoms. The molecule has 1 saturated heterocycles. The number of carbonyl (C=O) groups is 1. The van der Waals surface area contributed by atoms with E-state index in [1.54, 1.807) is 25.3 Å². The van der Waals surface area contributed by atoms with Crippen LogP contribution in [-0.4, -0.2) is 50.1 Å². The van der Waals surface area contributed by atoms with Crippen molar-refractivity contribution < 1.29 is 22.7 Å². The molecule has 1 atom stereocenters. The summed E-state index contributed by atoms with van der Waals surface area (Å²) in [6, 6.07) is 5.15. The van der Waals surface area contributed by atoms with Crippen LogP contribution in [0.1, 0.15) is 43.0 Å². The van der Waals surface area contributed by atoms with Gasteiger partial charge < -0.3 is 9.47 Å². The van der Waals surface area contributed by atoms with Crippen molar-refractivity contribution in [3.63, 3.8) is 0 Å². The SMILES string of the molecule is CCCCS(=O)(=O)N1CCC2(CC(=O)c3cc(OC)ccc3O2)C1. The zero-order chi connectivity index (χ0) is 17.4. The van der Waals surface area contributed by atoms with E-state index >= 15 is 0 Å². The Morgan fingerprint density at radius 2 is 2.17 bits per heavy atom. The molecule has 7 heteroatoms. The average molecular weight is 353 g/mol. The van der Waals surface area contributed by atoms with E-state index in [0.717, 1.165) is 6.42 Å². The van der Waals surface area contributed by atoms with Crippen LogP contribution >= 0.6 is 0 Å². The minimum atomic E-state index is -3.28. The van der Waals surface area contributed by atoms with E-state index in [4.69, 9.17) is 9.47 Å². The number of carbonyl (C=O) groups excluding carboxylic acids is 1. The first kappa shape index (κ1) is 17.2. The second-order valence-corrected chi connectivity index (χ2v) is 8.59. The van der Waals surface area contributed by atoms with Crippen LogP contribution < -0.4 is 9.47 Å². The van der Waals surface area contributed by atoms with Gasteiger partial charge in [-0.25, -0.2) is 8.42 Å². The Bertz CT molecular complexity index is 745. The number of hydrogen-bond acceptors (Lipinski definition) is 5. The van der Waals surface area contributed by atoms with E-state index < -0.39 is 15.6 Å². The number of sulfonamides is 1. The molecule has 0 radical (unpaired) electrons. The van der Waals surface area contributed by atoms with Gasteiger partial charge in [0.15, 0.2) is 5.78 Å². The lowest BCUT2D eigenvalue weighted by Gasteiger charge is -2.34. The Kier molecular flexibility index (Phi) is 4.57. The molecule has 0 N–H and O–H groups in total. The number of Topliss-reactive ketones (excluding diaryl/α,β-unsaturated/α-hetero) is 1. The van der Waals surface area contributed by atoms with Gasteiger partial charge in [0.2, 0.25) is 10.0 Å². The number of benzene rings is 1. The molecule has 0 aromatic heterocycles. The highest BCUT2D eigenvalue weighted by atomic mass is 32.2. The number of methoxy groups -OCH3 is 1. The van der Waals surface area contributed by atoms with Gasteiger partial charge >= 0.3 is 0 Å². The summed E-state index contributed by atoms with van der Waals surface area (Å²) in [6.45, 7) is 2.62. The smallest absolute Gasteiger partial charge is 0.214 e. The predicted octanol–water partition coefficient (Wildman–Crippen LogP) is 2.23. The number of rotatable bonds is 5. The Morgan fingerprint density at radius 3 is 2.88 bits per heavy atom. The Balaban J connectivity index is 1.80. The maximum atomic E-state index is 12.5. The van der Waals surface area contributed by atoms with Crippen LogP contribution in [0.25, 0.3) is 0 Å². The van der Waals surface area contributed by atoms with E-state index in [9.17, 15) is 13.2 Å². The Morgan fingerprint density at radius 1 is 1.38 bits per heavy atom. The van der Waals surface area contributed by atoms with Crippen LogP contribution in [0.5, 0.6) is 11.5 Å². The number of nitrogens with zero attached hydrogens (tertiary/aromatic N) is 1. The lowest BCUT2D eigenvalue weighted by atomic mass is 9.89. The van der Waals surface area contributed by atoms with Crippen molar-refractivity contribution in [1.29, 1.82) is 0 Å². The fraction of sp³-hybridized carbons (Fsp3) is 0.588. The van der Waals surface area contributed by atoms with Crippen LogP contribution in [0.15, 0.2) is 18.2 Å². The molecule has 6 nitrogen and oxygen atoms in total. The second kappa shape index (κ2) is 6.37. The summed E-state index contributed by atoms with van der Waals surface area (Å²) in [5.41, 5.74) is -0.231. The molecule has 0 amide bonds. The van der Waals surface area contributed by atoms with Gasteiger partial charge in [-0.3, -0.25) is 4.79 Å². The molecule has 1 fully saturated rings. The Labute approximate surface area is 142 Å². The standard InChI is InChI=1S/C17H23NO5S/c1-3-4-9-24(20,21)18-8-7-17(12-18)11-15(19)14-10-13(22-2)5-6-16(14)23-17/h5-6,10H,3-4,7-9,11-12H2,1-2H3. The van der Waals surface area contributed by atoms with E-state index in [-0.39, 0.29) is 24.5 Å². The molecule has 2 heterocycles. The number of ether oxygens (including phenoxy) is 2. The van der Waals surface area contributed by atoms with Gasteiger partial charge in [0, 0.05) is 13.0 Å². The third kappa shape index (κ3) is 3.15. The van der Waals surface area contributed by atoms with Crippen LogP contribution in [0.3, 0.4) is 0 Å². The van der Waals surface area contributed by atoms with Crippen LogP contribution in [-0.2, 0) is 10.0 Å². The summed E-state index contributed by atoms with van der Waals surface area (Å²) < 4.78 is 37.5. The fourth-order valence-corrected chi connectivity index (χ4v) is 5.04. The predicted molar refractivity (Wildman–Crippen MR) is 90.2 cm³/mol. The minimum absolute atomic E-state index is 0.0250. The van der Waals surface area contributed by atoms with Crippen molar-refractivity contribution in [2.75, 3.05) is 26.0 Å². The third-order valence-corrected chi connectivity index (χ3v) is 6.63. The van der Waals surface area contributed by atoms with Gasteiger partial charge in [-0.2, -0.15) is 4.31 Å². The molecule has 1 aromatic carbocycles. The maximum Gasteiger partial charge on any atom is 0.214 e. The van der Waals surface area contributed by atoms with E-state index in [2.05, 4.69) is 0 Å². The zero-order valence-corrected chi connectivity index (χ0v) is 14.9. The van der Waals surface area contributed by atoms with Crippen LogP contribution in [0.2, 0.25) is 0 Å². The van der Waals surface area contributed by atoms with Crippen LogP contribution in [0.4, 0.5) is 0 Å². The molecule has 2 aliphatic heterocycles. The first-order valence-electron chi connectivity index (χ1n) is 8.27. The topological polar surface area (TPSA) is 72.9 Å². The lowest BCUT2D eigenvalue weighted by Crippen LogP contribution is -2.45. The molecule has 1 unspecified atom stereocenters. The molecule has 132 valence electrons. The van der Waals surface area contributed by atoms with Gasteiger partial charge in [-0.15, -0.1) is 0 Å². The van der Waals surface area contributed by atoms with Crippen molar-refractivity contribution >= 4 is 15.8 Å². The summed E-state index contributed by atoms with van der Waals surface area (Å²) in [7, 11) is -1.73. The number of unbranched alkanes of at least 4 members (excludes halogenated alkanes) is 1. The summed E-state index contributed by atoms with van der Waals surface area (Å²) in [5, 5.41) is 0. The first-order valence-corrected chi connectivity index (χ1v) is 9.88. The lowest BCUT2D eigenvalue weighted by molar-refractivity contribution is 0.0497. The van der Waals surface area contributed by atoms with Gasteiger partial charge in [0.05, 0.1) is 31.4 Å². The molecule has 2 aliphatic rings. The fourth-order valence-electron chi connectivity index (χ4n) is 3.33. The second-order valence-electron chi connectivity index (χ2n) is 6.50. The van der Waals surface area contributed by atoms with E-state index in [0.29, 0.717) is 36.4 Å². The normalized spacial score (nSPS) is 24.0. The van der Waals surface area contributed by atoms with Gasteiger partial charge in [-0.1, -0.05) is 13.3 Å². The van der Waals surface area contributed by atoms with Gasteiger partial charge in [-0.05, 0) is 24.6 Å². The summed E-state index contributed by atoms with van der Waals surface area (Å²) >= 11 is 0. The molecule has 0 saturated carbocycles. The molecular formula is C17H23NO5S. The monoisotopic (exact) mass is 353 g/mol. The third-order valence-electron chi connectivity index (χ3n) is 4.73. The highest BCUT2D eigenvalue weighted by Crippen LogP contribution is 2.40. The van der Waals surface area contributed by atoms with Gasteiger partial charge in [0.1, 0.15) is 17.1 Å². The summed E-state index contributed by atoms with van der Waals surface area (Å²) in [6.07, 6.45) is 2.22. The molecule has 24 heavy (non-hydrogen) atoms. The number of fused-ring (bicyclic) bond motifs is 1. The number of ketones is 1. The number of hydrogen-bond donors (Lipinski definition) is 0. The first-order chi connectivity index (χ1) is 11.4. The molecule has 0 bridgehead atoms. The van der Waals surface area contributed by atoms with Crippen molar-refractivity contribution in [2.24, 2.45) is 0 Å². The minimum Gasteiger partial charge on any atom is -0.497 e. The van der Waals surface area contributed by atoms with Gasteiger partial charge in [0.25, 0.3) is 0 Å². The zero-order valence-electron chi connectivity index (χ0n) is 14.1. The van der Waals surface area contributed by atoms with Crippen LogP contribution in [0, 0.1) is 0 Å². The summed E-state index contributed by atoms with van der Waals surface area (Å²) in [4.78, 5) is 12.5. The molecule has 0 aliphatic carbocycles. The molecule has 1 aromatic rings. The maximum absolute atomic E-state index is 12.5. The van der Waals surface area contributed by atoms with Crippen molar-refractivity contribution in [1.82, 2.24) is 4.31 Å². The highest BCUT2D eigenvalue weighted by molar-refractivity contribution is 7.89. The van der Waals surface area contributed by atoms with E-state index in [1.807, 2.05) is 6.92 Å². The molecule has 3 rings (SSSR count). The average Bonchev–Trinajstić information content (AvgIpc) is 2.97. The summed E-state index contributed by atoms with van der Waals surface area (Å²) in [5.74, 6) is 1.25. The van der Waals surface area contributed by atoms with E-state index in [1.165, 1.54) is 4.31 Å². The van der Waals surface area contributed by atoms with Crippen molar-refractivity contribution in [2.45, 2.75) is 38.2 Å². The largest absolute Gasteiger partial charge is 0.497 e. The quantitative estimate of drug-likeness (QED) is 0.812. The highest BCUT2D eigenvalue weighted by Gasteiger charge is 2.48. The Hall–Kier alpha value is -1.60. The van der Waals surface area contributed by atoms with Crippen molar-refractivity contribution in [3.05, 3.63) is 23.8 Å².